The van der Waals surface area contributed by atoms with E-state index in [1.807, 2.05) is 23.7 Å². The first-order valence-electron chi connectivity index (χ1n) is 3.30. The van der Waals surface area contributed by atoms with Crippen LogP contribution in [-0.4, -0.2) is 14.4 Å². The molecule has 2 heterocycles. The number of nitrogens with one attached hydrogen (secondary N) is 1. The van der Waals surface area contributed by atoms with Gasteiger partial charge in [-0.25, -0.2) is 4.98 Å². The Morgan fingerprint density at radius 3 is 3.18 bits per heavy atom. The molecule has 0 saturated heterocycles. The van der Waals surface area contributed by atoms with Crippen molar-refractivity contribution in [2.75, 3.05) is 0 Å². The normalized spacial score (nSPS) is 10.6. The Hall–Kier alpha value is -1.16. The van der Waals surface area contributed by atoms with Crippen molar-refractivity contribution in [1.29, 1.82) is 0 Å². The van der Waals surface area contributed by atoms with E-state index in [0.29, 0.717) is 4.64 Å². The van der Waals surface area contributed by atoms with Gasteiger partial charge in [0, 0.05) is 18.6 Å². The number of hydrogen-bond acceptors (Lipinski definition) is 2. The number of aromatic amines is 1. The average molecular weight is 165 g/mol. The monoisotopic (exact) mass is 165 g/mol. The van der Waals surface area contributed by atoms with Crippen molar-refractivity contribution in [2.45, 2.75) is 6.92 Å². The van der Waals surface area contributed by atoms with Gasteiger partial charge in [0.05, 0.1) is 5.69 Å². The standard InChI is InChI=1S/C7H7N3S/c1-5-4-10-3-2-8-7(11)6(10)9-5/h2-4H,1H3,(H,8,11). The molecule has 4 heteroatoms. The van der Waals surface area contributed by atoms with E-state index in [0.717, 1.165) is 11.3 Å². The van der Waals surface area contributed by atoms with E-state index in [4.69, 9.17) is 12.2 Å². The number of aromatic nitrogens is 3. The first-order chi connectivity index (χ1) is 5.27. The summed E-state index contributed by atoms with van der Waals surface area (Å²) < 4.78 is 2.59. The summed E-state index contributed by atoms with van der Waals surface area (Å²) in [4.78, 5) is 7.16. The van der Waals surface area contributed by atoms with Gasteiger partial charge in [-0.15, -0.1) is 0 Å². The fourth-order valence-corrected chi connectivity index (χ4v) is 1.27. The molecule has 0 unspecified atom stereocenters. The van der Waals surface area contributed by atoms with E-state index in [2.05, 4.69) is 9.97 Å². The average Bonchev–Trinajstić information content (AvgIpc) is 2.31. The van der Waals surface area contributed by atoms with Crippen LogP contribution in [0.2, 0.25) is 0 Å². The molecule has 2 rings (SSSR count). The summed E-state index contributed by atoms with van der Waals surface area (Å²) in [6, 6.07) is 0. The summed E-state index contributed by atoms with van der Waals surface area (Å²) in [7, 11) is 0. The van der Waals surface area contributed by atoms with Gasteiger partial charge >= 0.3 is 0 Å². The number of nitrogens with zero attached hydrogens (tertiary/aromatic N) is 2. The van der Waals surface area contributed by atoms with E-state index >= 15 is 0 Å². The molecule has 0 atom stereocenters. The predicted molar refractivity (Wildman–Crippen MR) is 45.1 cm³/mol. The quantitative estimate of drug-likeness (QED) is 0.603. The molecule has 0 radical (unpaired) electrons. The second-order valence-corrected chi connectivity index (χ2v) is 2.81. The highest BCUT2D eigenvalue weighted by molar-refractivity contribution is 7.71. The molecule has 0 aliphatic carbocycles. The Morgan fingerprint density at radius 2 is 2.45 bits per heavy atom. The molecule has 0 aromatic carbocycles. The van der Waals surface area contributed by atoms with Crippen LogP contribution in [0.5, 0.6) is 0 Å². The van der Waals surface area contributed by atoms with Gasteiger partial charge in [0.1, 0.15) is 4.64 Å². The molecular formula is C7H7N3S. The van der Waals surface area contributed by atoms with Crippen LogP contribution in [-0.2, 0) is 0 Å². The maximum Gasteiger partial charge on any atom is 0.172 e. The maximum atomic E-state index is 5.03. The van der Waals surface area contributed by atoms with E-state index in [1.54, 1.807) is 6.20 Å². The highest BCUT2D eigenvalue weighted by Gasteiger charge is 1.96. The van der Waals surface area contributed by atoms with Crippen molar-refractivity contribution < 1.29 is 0 Å². The van der Waals surface area contributed by atoms with E-state index in [9.17, 15) is 0 Å². The molecule has 0 aliphatic rings. The summed E-state index contributed by atoms with van der Waals surface area (Å²) in [5, 5.41) is 0. The molecule has 2 aromatic heterocycles. The number of imidazole rings is 1. The Balaban J connectivity index is 3.02. The van der Waals surface area contributed by atoms with Crippen molar-refractivity contribution in [2.24, 2.45) is 0 Å². The molecule has 2 aromatic rings. The smallest absolute Gasteiger partial charge is 0.172 e. The SMILES string of the molecule is Cc1cn2cc[nH]c(=S)c2n1. The molecule has 0 aliphatic heterocycles. The van der Waals surface area contributed by atoms with Crippen LogP contribution in [0.4, 0.5) is 0 Å². The van der Waals surface area contributed by atoms with E-state index < -0.39 is 0 Å². The fraction of sp³-hybridized carbons (Fsp3) is 0.143. The molecule has 0 bridgehead atoms. The van der Waals surface area contributed by atoms with Crippen LogP contribution in [0.15, 0.2) is 18.6 Å². The molecule has 0 saturated carbocycles. The van der Waals surface area contributed by atoms with Crippen molar-refractivity contribution in [1.82, 2.24) is 14.4 Å². The van der Waals surface area contributed by atoms with Gasteiger partial charge in [-0.2, -0.15) is 0 Å². The predicted octanol–water partition coefficient (Wildman–Crippen LogP) is 1.70. The Labute approximate surface area is 68.7 Å². The van der Waals surface area contributed by atoms with Crippen LogP contribution in [0.1, 0.15) is 5.69 Å². The molecule has 3 nitrogen and oxygen atoms in total. The van der Waals surface area contributed by atoms with Crippen molar-refractivity contribution in [3.63, 3.8) is 0 Å². The highest BCUT2D eigenvalue weighted by Crippen LogP contribution is 2.02. The van der Waals surface area contributed by atoms with Gasteiger partial charge < -0.3 is 9.38 Å². The van der Waals surface area contributed by atoms with Gasteiger partial charge in [-0.05, 0) is 6.92 Å². The van der Waals surface area contributed by atoms with Crippen LogP contribution >= 0.6 is 12.2 Å². The second-order valence-electron chi connectivity index (χ2n) is 2.40. The second kappa shape index (κ2) is 2.17. The molecule has 0 fully saturated rings. The molecular weight excluding hydrogens is 158 g/mol. The van der Waals surface area contributed by atoms with Crippen molar-refractivity contribution >= 4 is 17.9 Å². The van der Waals surface area contributed by atoms with Crippen LogP contribution in [0, 0.1) is 11.6 Å². The zero-order valence-corrected chi connectivity index (χ0v) is 6.85. The summed E-state index contributed by atoms with van der Waals surface area (Å²) in [5.74, 6) is 0. The zero-order chi connectivity index (χ0) is 7.84. The Morgan fingerprint density at radius 1 is 1.64 bits per heavy atom. The maximum absolute atomic E-state index is 5.03. The lowest BCUT2D eigenvalue weighted by molar-refractivity contribution is 1.11. The zero-order valence-electron chi connectivity index (χ0n) is 6.03. The number of aryl methyl sites for hydroxylation is 1. The van der Waals surface area contributed by atoms with Crippen LogP contribution in [0.25, 0.3) is 5.65 Å². The van der Waals surface area contributed by atoms with Gasteiger partial charge in [-0.3, -0.25) is 0 Å². The first kappa shape index (κ1) is 6.54. The minimum atomic E-state index is 0.681. The van der Waals surface area contributed by atoms with Gasteiger partial charge in [-0.1, -0.05) is 12.2 Å². The third-order valence-electron chi connectivity index (χ3n) is 1.51. The Bertz CT molecular complexity index is 440. The van der Waals surface area contributed by atoms with Crippen LogP contribution in [0.3, 0.4) is 0 Å². The van der Waals surface area contributed by atoms with E-state index in [1.165, 1.54) is 0 Å². The molecule has 0 spiro atoms. The summed E-state index contributed by atoms with van der Waals surface area (Å²) in [5.41, 5.74) is 1.80. The molecule has 0 amide bonds. The molecule has 11 heavy (non-hydrogen) atoms. The minimum Gasteiger partial charge on any atom is -0.348 e. The third kappa shape index (κ3) is 0.952. The lowest BCUT2D eigenvalue weighted by Gasteiger charge is -1.89. The molecule has 1 N–H and O–H groups in total. The fourth-order valence-electron chi connectivity index (χ4n) is 1.06. The van der Waals surface area contributed by atoms with Crippen LogP contribution < -0.4 is 0 Å². The van der Waals surface area contributed by atoms with E-state index in [-0.39, 0.29) is 0 Å². The number of H-pyrrole nitrogens is 1. The summed E-state index contributed by atoms with van der Waals surface area (Å²) >= 11 is 5.03. The largest absolute Gasteiger partial charge is 0.348 e. The van der Waals surface area contributed by atoms with Gasteiger partial charge in [0.2, 0.25) is 0 Å². The number of hydrogen-bond donors (Lipinski definition) is 1. The summed E-state index contributed by atoms with van der Waals surface area (Å²) in [6.45, 7) is 1.95. The van der Waals surface area contributed by atoms with Crippen molar-refractivity contribution in [3.8, 4) is 0 Å². The first-order valence-corrected chi connectivity index (χ1v) is 3.71. The lowest BCUT2D eigenvalue weighted by Crippen LogP contribution is -1.84. The Kier molecular flexibility index (Phi) is 1.29. The minimum absolute atomic E-state index is 0.681. The number of fused-ring (bicyclic) bond motifs is 1. The topological polar surface area (TPSA) is 33.1 Å². The summed E-state index contributed by atoms with van der Waals surface area (Å²) in [6.07, 6.45) is 5.64. The van der Waals surface area contributed by atoms with Gasteiger partial charge in [0.25, 0.3) is 0 Å². The van der Waals surface area contributed by atoms with Crippen molar-refractivity contribution in [3.05, 3.63) is 28.9 Å². The third-order valence-corrected chi connectivity index (χ3v) is 1.81. The van der Waals surface area contributed by atoms with Gasteiger partial charge in [0.15, 0.2) is 5.65 Å². The highest BCUT2D eigenvalue weighted by atomic mass is 32.1. The lowest BCUT2D eigenvalue weighted by atomic mass is 10.6. The number of rotatable bonds is 0. The molecule has 56 valence electrons.